The van der Waals surface area contributed by atoms with Crippen LogP contribution in [-0.2, 0) is 16.1 Å². The van der Waals surface area contributed by atoms with E-state index in [9.17, 15) is 14.4 Å². The predicted molar refractivity (Wildman–Crippen MR) is 76.5 cm³/mol. The first kappa shape index (κ1) is 14.9. The molecule has 0 saturated heterocycles. The number of aromatic nitrogens is 2. The van der Waals surface area contributed by atoms with E-state index < -0.39 is 17.8 Å². The molecule has 0 saturated carbocycles. The molecule has 0 unspecified atom stereocenters. The van der Waals surface area contributed by atoms with E-state index in [1.54, 1.807) is 25.4 Å². The van der Waals surface area contributed by atoms with Crippen LogP contribution in [0.3, 0.4) is 0 Å². The standard InChI is InChI=1S/C15H13N3O5/c1-22-9-8-17-7-6-12(16-17)15(21)23-18-13(19)10-4-2-3-5-11(10)14(18)20/h2-7H,8-9H2,1H3. The lowest BCUT2D eigenvalue weighted by Crippen LogP contribution is -2.32. The van der Waals surface area contributed by atoms with Gasteiger partial charge in [-0.05, 0) is 18.2 Å². The van der Waals surface area contributed by atoms with Crippen LogP contribution in [-0.4, -0.2) is 46.3 Å². The Kier molecular flexibility index (Phi) is 3.90. The fourth-order valence-electron chi connectivity index (χ4n) is 2.16. The van der Waals surface area contributed by atoms with Crippen molar-refractivity contribution in [2.45, 2.75) is 6.54 Å². The average Bonchev–Trinajstić information content (AvgIpc) is 3.13. The van der Waals surface area contributed by atoms with E-state index >= 15 is 0 Å². The number of rotatable bonds is 5. The highest BCUT2D eigenvalue weighted by Crippen LogP contribution is 2.23. The molecule has 0 spiro atoms. The van der Waals surface area contributed by atoms with Gasteiger partial charge in [-0.1, -0.05) is 17.2 Å². The highest BCUT2D eigenvalue weighted by molar-refractivity contribution is 6.21. The Balaban J connectivity index is 1.73. The molecule has 0 aliphatic carbocycles. The van der Waals surface area contributed by atoms with Crippen LogP contribution >= 0.6 is 0 Å². The van der Waals surface area contributed by atoms with Gasteiger partial charge in [-0.2, -0.15) is 5.10 Å². The van der Waals surface area contributed by atoms with E-state index in [2.05, 4.69) is 5.10 Å². The van der Waals surface area contributed by atoms with E-state index in [-0.39, 0.29) is 16.8 Å². The number of carbonyl (C=O) groups is 3. The second-order valence-electron chi connectivity index (χ2n) is 4.79. The van der Waals surface area contributed by atoms with Crippen molar-refractivity contribution in [3.8, 4) is 0 Å². The molecule has 2 amide bonds. The molecule has 1 aliphatic heterocycles. The fourth-order valence-corrected chi connectivity index (χ4v) is 2.16. The van der Waals surface area contributed by atoms with Crippen molar-refractivity contribution in [2.75, 3.05) is 13.7 Å². The van der Waals surface area contributed by atoms with Gasteiger partial charge in [0.1, 0.15) is 0 Å². The summed E-state index contributed by atoms with van der Waals surface area (Å²) in [6.45, 7) is 0.908. The van der Waals surface area contributed by atoms with Crippen molar-refractivity contribution in [1.82, 2.24) is 14.8 Å². The minimum absolute atomic E-state index is 0.00217. The number of ether oxygens (including phenoxy) is 1. The summed E-state index contributed by atoms with van der Waals surface area (Å²) in [5.41, 5.74) is 0.407. The quantitative estimate of drug-likeness (QED) is 0.761. The molecule has 0 bridgehead atoms. The Bertz CT molecular complexity index is 748. The number of fused-ring (bicyclic) bond motifs is 1. The topological polar surface area (TPSA) is 90.7 Å². The molecule has 1 aromatic heterocycles. The van der Waals surface area contributed by atoms with Crippen LogP contribution in [0.15, 0.2) is 36.5 Å². The molecule has 0 fully saturated rings. The molecule has 0 atom stereocenters. The summed E-state index contributed by atoms with van der Waals surface area (Å²) >= 11 is 0. The van der Waals surface area contributed by atoms with Gasteiger partial charge in [0.05, 0.1) is 24.3 Å². The SMILES string of the molecule is COCCn1ccc(C(=O)ON2C(=O)c3ccccc3C2=O)n1. The zero-order valence-corrected chi connectivity index (χ0v) is 12.3. The zero-order chi connectivity index (χ0) is 16.4. The summed E-state index contributed by atoms with van der Waals surface area (Å²) in [6, 6.07) is 7.71. The van der Waals surface area contributed by atoms with Crippen molar-refractivity contribution < 1.29 is 24.0 Å². The number of hydrogen-bond acceptors (Lipinski definition) is 6. The highest BCUT2D eigenvalue weighted by atomic mass is 16.7. The summed E-state index contributed by atoms with van der Waals surface area (Å²) in [7, 11) is 1.56. The van der Waals surface area contributed by atoms with Gasteiger partial charge in [0, 0.05) is 13.3 Å². The lowest BCUT2D eigenvalue weighted by Gasteiger charge is -2.11. The number of imide groups is 1. The van der Waals surface area contributed by atoms with Crippen molar-refractivity contribution in [3.63, 3.8) is 0 Å². The number of hydroxylamine groups is 2. The smallest absolute Gasteiger partial charge is 0.383 e. The Morgan fingerprint density at radius 1 is 1.13 bits per heavy atom. The number of carbonyl (C=O) groups excluding carboxylic acids is 3. The lowest BCUT2D eigenvalue weighted by atomic mass is 10.1. The largest absolute Gasteiger partial charge is 0.384 e. The van der Waals surface area contributed by atoms with Gasteiger partial charge in [0.25, 0.3) is 11.8 Å². The molecular formula is C15H13N3O5. The maximum atomic E-state index is 12.1. The maximum Gasteiger partial charge on any atom is 0.384 e. The third kappa shape index (κ3) is 2.71. The number of hydrogen-bond donors (Lipinski definition) is 0. The first-order chi connectivity index (χ1) is 11.1. The highest BCUT2D eigenvalue weighted by Gasteiger charge is 2.39. The Morgan fingerprint density at radius 2 is 1.78 bits per heavy atom. The van der Waals surface area contributed by atoms with Gasteiger partial charge in [-0.25, -0.2) is 4.79 Å². The van der Waals surface area contributed by atoms with Crippen LogP contribution in [0.1, 0.15) is 31.2 Å². The van der Waals surface area contributed by atoms with Gasteiger partial charge in [-0.3, -0.25) is 14.3 Å². The molecular weight excluding hydrogens is 302 g/mol. The minimum Gasteiger partial charge on any atom is -0.383 e. The van der Waals surface area contributed by atoms with Gasteiger partial charge in [0.2, 0.25) is 0 Å². The second kappa shape index (κ2) is 6.01. The Labute approximate surface area is 131 Å². The molecule has 3 rings (SSSR count). The minimum atomic E-state index is -0.879. The number of methoxy groups -OCH3 is 1. The van der Waals surface area contributed by atoms with Gasteiger partial charge in [0.15, 0.2) is 5.69 Å². The summed E-state index contributed by atoms with van der Waals surface area (Å²) in [6.07, 6.45) is 1.58. The number of benzene rings is 1. The van der Waals surface area contributed by atoms with E-state index in [4.69, 9.17) is 9.57 Å². The molecule has 2 heterocycles. The maximum absolute atomic E-state index is 12.1. The van der Waals surface area contributed by atoms with E-state index in [1.807, 2.05) is 0 Å². The zero-order valence-electron chi connectivity index (χ0n) is 12.3. The molecule has 8 heteroatoms. The molecule has 1 aliphatic rings. The summed E-state index contributed by atoms with van der Waals surface area (Å²) < 4.78 is 6.41. The van der Waals surface area contributed by atoms with Crippen LogP contribution < -0.4 is 0 Å². The molecule has 23 heavy (non-hydrogen) atoms. The van der Waals surface area contributed by atoms with Crippen LogP contribution in [0.2, 0.25) is 0 Å². The second-order valence-corrected chi connectivity index (χ2v) is 4.79. The number of nitrogens with zero attached hydrogens (tertiary/aromatic N) is 3. The van der Waals surface area contributed by atoms with Crippen molar-refractivity contribution >= 4 is 17.8 Å². The fraction of sp³-hybridized carbons (Fsp3) is 0.200. The first-order valence-corrected chi connectivity index (χ1v) is 6.84. The Morgan fingerprint density at radius 3 is 2.39 bits per heavy atom. The monoisotopic (exact) mass is 315 g/mol. The van der Waals surface area contributed by atoms with Crippen LogP contribution in [0.5, 0.6) is 0 Å². The third-order valence-electron chi connectivity index (χ3n) is 3.31. The van der Waals surface area contributed by atoms with E-state index in [1.165, 1.54) is 22.9 Å². The van der Waals surface area contributed by atoms with Crippen molar-refractivity contribution in [1.29, 1.82) is 0 Å². The molecule has 1 aromatic carbocycles. The van der Waals surface area contributed by atoms with Gasteiger partial charge < -0.3 is 9.57 Å². The lowest BCUT2D eigenvalue weighted by molar-refractivity contribution is -0.0589. The molecule has 0 radical (unpaired) electrons. The van der Waals surface area contributed by atoms with Crippen LogP contribution in [0.25, 0.3) is 0 Å². The van der Waals surface area contributed by atoms with Crippen molar-refractivity contribution in [2.24, 2.45) is 0 Å². The van der Waals surface area contributed by atoms with Gasteiger partial charge in [-0.15, -0.1) is 0 Å². The Hall–Kier alpha value is -3.00. The van der Waals surface area contributed by atoms with Crippen molar-refractivity contribution in [3.05, 3.63) is 53.3 Å². The molecule has 2 aromatic rings. The van der Waals surface area contributed by atoms with E-state index in [0.717, 1.165) is 0 Å². The molecule has 118 valence electrons. The summed E-state index contributed by atoms with van der Waals surface area (Å²) in [4.78, 5) is 41.2. The summed E-state index contributed by atoms with van der Waals surface area (Å²) in [5, 5.41) is 4.46. The van der Waals surface area contributed by atoms with Crippen LogP contribution in [0.4, 0.5) is 0 Å². The molecule has 0 N–H and O–H groups in total. The predicted octanol–water partition coefficient (Wildman–Crippen LogP) is 0.898. The average molecular weight is 315 g/mol. The molecule has 8 nitrogen and oxygen atoms in total. The van der Waals surface area contributed by atoms with Gasteiger partial charge >= 0.3 is 5.97 Å². The first-order valence-electron chi connectivity index (χ1n) is 6.84. The van der Waals surface area contributed by atoms with E-state index in [0.29, 0.717) is 18.2 Å². The summed E-state index contributed by atoms with van der Waals surface area (Å²) in [5.74, 6) is -2.22. The normalized spacial score (nSPS) is 13.3. The third-order valence-corrected chi connectivity index (χ3v) is 3.31. The van der Waals surface area contributed by atoms with Crippen LogP contribution in [0, 0.1) is 0 Å². The number of amides is 2.